The summed E-state index contributed by atoms with van der Waals surface area (Å²) in [5.41, 5.74) is 4.89. The molecule has 1 aromatic carbocycles. The van der Waals surface area contributed by atoms with E-state index in [9.17, 15) is 14.7 Å². The molecule has 0 amide bonds. The van der Waals surface area contributed by atoms with Crippen molar-refractivity contribution in [3.8, 4) is 10.4 Å². The largest absolute Gasteiger partial charge is 0.392 e. The Hall–Kier alpha value is -2.24. The summed E-state index contributed by atoms with van der Waals surface area (Å²) in [6, 6.07) is 10.5. The molecule has 1 spiro atoms. The number of thiophene rings is 1. The van der Waals surface area contributed by atoms with E-state index in [1.807, 2.05) is 23.5 Å². The molecule has 6 aliphatic carbocycles. The molecule has 1 N–H and O–H groups in total. The second-order valence-corrected chi connectivity index (χ2v) is 12.7. The van der Waals surface area contributed by atoms with Crippen molar-refractivity contribution < 1.29 is 19.4 Å². The molecule has 4 nitrogen and oxygen atoms in total. The highest BCUT2D eigenvalue weighted by atomic mass is 32.1. The third-order valence-electron chi connectivity index (χ3n) is 10.0. The second kappa shape index (κ2) is 6.70. The van der Waals surface area contributed by atoms with Gasteiger partial charge in [0.05, 0.1) is 12.2 Å². The zero-order valence-corrected chi connectivity index (χ0v) is 19.9. The molecule has 1 aliphatic heterocycles. The standard InChI is InChI=1S/C29H28O4S/c30-13-14-1-3-17(4-2-14)22-12-21-23(18-5-6-18)24-25(28(32)33-27(24)31)29(26(21)34-22)19-8-15-7-16(10-19)11-20(29)9-15/h1-4,12,15-16,18-20,25,30H,5-11,13H2. The summed E-state index contributed by atoms with van der Waals surface area (Å²) >= 11 is 1.87. The number of carbonyl (C=O) groups is 2. The molecule has 2 heterocycles. The SMILES string of the molecule is O=C1OC(=O)C2C1=C(C1CC1)c1cc(-c3ccc(CO)cc3)sc1C21C2CC3CC(C2)CC1C3. The highest BCUT2D eigenvalue weighted by Crippen LogP contribution is 2.71. The van der Waals surface area contributed by atoms with Gasteiger partial charge in [0.15, 0.2) is 0 Å². The molecule has 7 aliphatic rings. The second-order valence-electron chi connectivity index (χ2n) is 11.7. The quantitative estimate of drug-likeness (QED) is 0.475. The van der Waals surface area contributed by atoms with E-state index in [0.717, 1.165) is 47.0 Å². The van der Waals surface area contributed by atoms with Gasteiger partial charge in [-0.15, -0.1) is 11.3 Å². The van der Waals surface area contributed by atoms with Crippen molar-refractivity contribution in [2.75, 3.05) is 0 Å². The molecule has 34 heavy (non-hydrogen) atoms. The van der Waals surface area contributed by atoms with E-state index in [1.54, 1.807) is 0 Å². The van der Waals surface area contributed by atoms with Crippen molar-refractivity contribution in [1.82, 2.24) is 0 Å². The maximum Gasteiger partial charge on any atom is 0.342 e. The molecule has 2 aromatic rings. The lowest BCUT2D eigenvalue weighted by molar-refractivity contribution is -0.157. The molecule has 5 saturated carbocycles. The predicted molar refractivity (Wildman–Crippen MR) is 129 cm³/mol. The summed E-state index contributed by atoms with van der Waals surface area (Å²) in [5, 5.41) is 9.48. The van der Waals surface area contributed by atoms with E-state index in [2.05, 4.69) is 18.2 Å². The van der Waals surface area contributed by atoms with E-state index < -0.39 is 5.92 Å². The number of carbonyl (C=O) groups excluding carboxylic acids is 2. The summed E-state index contributed by atoms with van der Waals surface area (Å²) in [4.78, 5) is 29.3. The van der Waals surface area contributed by atoms with E-state index in [-0.39, 0.29) is 24.0 Å². The molecule has 6 fully saturated rings. The summed E-state index contributed by atoms with van der Waals surface area (Å²) in [6.45, 7) is 0.0415. The molecule has 1 aromatic heterocycles. The fourth-order valence-corrected chi connectivity index (χ4v) is 10.4. The van der Waals surface area contributed by atoms with Gasteiger partial charge in [-0.2, -0.15) is 0 Å². The zero-order valence-electron chi connectivity index (χ0n) is 19.1. The molecule has 1 unspecified atom stereocenters. The average Bonchev–Trinajstić information content (AvgIpc) is 3.50. The highest BCUT2D eigenvalue weighted by Gasteiger charge is 2.69. The van der Waals surface area contributed by atoms with Gasteiger partial charge in [-0.1, -0.05) is 24.3 Å². The normalized spacial score (nSPS) is 37.4. The topological polar surface area (TPSA) is 63.6 Å². The van der Waals surface area contributed by atoms with Crippen LogP contribution in [-0.2, 0) is 26.3 Å². The molecular formula is C29H28O4S. The Kier molecular flexibility index (Phi) is 3.94. The molecule has 0 radical (unpaired) electrons. The maximum absolute atomic E-state index is 13.5. The number of cyclic esters (lactones) is 2. The molecule has 9 rings (SSSR count). The van der Waals surface area contributed by atoms with Gasteiger partial charge in [-0.25, -0.2) is 4.79 Å². The van der Waals surface area contributed by atoms with Crippen LogP contribution in [0.25, 0.3) is 16.0 Å². The summed E-state index contributed by atoms with van der Waals surface area (Å²) in [6.07, 6.45) is 8.29. The fraction of sp³-hybridized carbons (Fsp3) is 0.517. The minimum absolute atomic E-state index is 0.0415. The van der Waals surface area contributed by atoms with Crippen molar-refractivity contribution in [1.29, 1.82) is 0 Å². The van der Waals surface area contributed by atoms with Crippen molar-refractivity contribution in [2.45, 2.75) is 57.0 Å². The van der Waals surface area contributed by atoms with Crippen molar-refractivity contribution in [3.05, 3.63) is 51.9 Å². The number of esters is 2. The Bertz CT molecular complexity index is 1250. The number of aliphatic hydroxyl groups excluding tert-OH is 1. The first-order valence-electron chi connectivity index (χ1n) is 12.9. The summed E-state index contributed by atoms with van der Waals surface area (Å²) < 4.78 is 5.43. The Morgan fingerprint density at radius 2 is 1.62 bits per heavy atom. The minimum Gasteiger partial charge on any atom is -0.392 e. The number of ether oxygens (including phenoxy) is 1. The van der Waals surface area contributed by atoms with Crippen LogP contribution < -0.4 is 0 Å². The first kappa shape index (κ1) is 20.0. The Balaban J connectivity index is 1.39. The van der Waals surface area contributed by atoms with Crippen LogP contribution in [0.5, 0.6) is 0 Å². The van der Waals surface area contributed by atoms with Crippen LogP contribution in [0, 0.1) is 35.5 Å². The number of aliphatic hydroxyl groups is 1. The Morgan fingerprint density at radius 1 is 0.941 bits per heavy atom. The Morgan fingerprint density at radius 3 is 2.24 bits per heavy atom. The van der Waals surface area contributed by atoms with Gasteiger partial charge in [-0.3, -0.25) is 4.79 Å². The van der Waals surface area contributed by atoms with E-state index in [0.29, 0.717) is 17.8 Å². The number of benzene rings is 1. The van der Waals surface area contributed by atoms with Crippen molar-refractivity contribution in [3.63, 3.8) is 0 Å². The van der Waals surface area contributed by atoms with Gasteiger partial charge in [-0.05, 0) is 103 Å². The van der Waals surface area contributed by atoms with E-state index in [4.69, 9.17) is 4.74 Å². The lowest BCUT2D eigenvalue weighted by atomic mass is 9.40. The van der Waals surface area contributed by atoms with Gasteiger partial charge in [0, 0.05) is 15.2 Å². The van der Waals surface area contributed by atoms with Crippen molar-refractivity contribution in [2.24, 2.45) is 35.5 Å². The first-order valence-corrected chi connectivity index (χ1v) is 13.7. The molecule has 1 atom stereocenters. The zero-order chi connectivity index (χ0) is 22.8. The van der Waals surface area contributed by atoms with E-state index >= 15 is 0 Å². The summed E-state index contributed by atoms with van der Waals surface area (Å²) in [5.74, 6) is 1.83. The highest BCUT2D eigenvalue weighted by molar-refractivity contribution is 7.16. The van der Waals surface area contributed by atoms with Crippen LogP contribution in [0.4, 0.5) is 0 Å². The lowest BCUT2D eigenvalue weighted by Gasteiger charge is -2.63. The van der Waals surface area contributed by atoms with Gasteiger partial charge in [0.1, 0.15) is 5.92 Å². The molecule has 174 valence electrons. The van der Waals surface area contributed by atoms with Crippen LogP contribution >= 0.6 is 11.3 Å². The third-order valence-corrected chi connectivity index (χ3v) is 11.4. The van der Waals surface area contributed by atoms with Crippen LogP contribution in [0.1, 0.15) is 60.9 Å². The summed E-state index contributed by atoms with van der Waals surface area (Å²) in [7, 11) is 0. The number of rotatable bonds is 3. The van der Waals surface area contributed by atoms with Gasteiger partial charge in [0.2, 0.25) is 0 Å². The fourth-order valence-electron chi connectivity index (χ4n) is 8.86. The smallest absolute Gasteiger partial charge is 0.342 e. The van der Waals surface area contributed by atoms with Crippen molar-refractivity contribution >= 4 is 28.8 Å². The van der Waals surface area contributed by atoms with Gasteiger partial charge >= 0.3 is 11.9 Å². The number of allylic oxidation sites excluding steroid dienone is 1. The number of hydrogen-bond donors (Lipinski definition) is 1. The van der Waals surface area contributed by atoms with Crippen LogP contribution in [-0.4, -0.2) is 17.0 Å². The Labute approximate surface area is 203 Å². The maximum atomic E-state index is 13.5. The van der Waals surface area contributed by atoms with Crippen LogP contribution in [0.15, 0.2) is 35.9 Å². The number of fused-ring (bicyclic) bond motifs is 2. The molecule has 5 heteroatoms. The average molecular weight is 473 g/mol. The monoisotopic (exact) mass is 472 g/mol. The van der Waals surface area contributed by atoms with Crippen LogP contribution in [0.2, 0.25) is 0 Å². The van der Waals surface area contributed by atoms with Gasteiger partial charge in [0.25, 0.3) is 0 Å². The molecule has 1 saturated heterocycles. The van der Waals surface area contributed by atoms with Gasteiger partial charge < -0.3 is 9.84 Å². The third kappa shape index (κ3) is 2.42. The molecular weight excluding hydrogens is 444 g/mol. The first-order chi connectivity index (χ1) is 16.6. The minimum atomic E-state index is -0.402. The van der Waals surface area contributed by atoms with E-state index in [1.165, 1.54) is 47.4 Å². The number of hydrogen-bond acceptors (Lipinski definition) is 5. The molecule has 4 bridgehead atoms. The predicted octanol–water partition coefficient (Wildman–Crippen LogP) is 5.48. The lowest BCUT2D eigenvalue weighted by Crippen LogP contribution is -2.61. The van der Waals surface area contributed by atoms with Crippen LogP contribution in [0.3, 0.4) is 0 Å².